The van der Waals surface area contributed by atoms with Gasteiger partial charge in [0.05, 0.1) is 12.7 Å². The molecule has 0 radical (unpaired) electrons. The summed E-state index contributed by atoms with van der Waals surface area (Å²) in [5.74, 6) is -5.34. The molecule has 124 valence electrons. The Labute approximate surface area is 131 Å². The van der Waals surface area contributed by atoms with Gasteiger partial charge in [-0.2, -0.15) is 0 Å². The first kappa shape index (κ1) is 15.7. The zero-order valence-electron chi connectivity index (χ0n) is 12.1. The molecule has 0 spiro atoms. The second-order valence-electron chi connectivity index (χ2n) is 6.18. The summed E-state index contributed by atoms with van der Waals surface area (Å²) < 4.78 is 19.9. The first-order chi connectivity index (χ1) is 10.7. The van der Waals surface area contributed by atoms with E-state index in [1.54, 1.807) is 24.3 Å². The SMILES string of the molecule is Nc1cccc(CO[C@@H]2C[C@@H]3[C@H]([C@]2(N)C(=O)O)[C@@]3(F)C(=O)O)c1. The van der Waals surface area contributed by atoms with Crippen molar-refractivity contribution in [1.29, 1.82) is 0 Å². The van der Waals surface area contributed by atoms with Gasteiger partial charge in [-0.15, -0.1) is 0 Å². The number of anilines is 1. The molecule has 8 heteroatoms. The van der Waals surface area contributed by atoms with Gasteiger partial charge in [0.1, 0.15) is 5.54 Å². The minimum atomic E-state index is -2.58. The van der Waals surface area contributed by atoms with Gasteiger partial charge in [-0.25, -0.2) is 9.18 Å². The Hall–Kier alpha value is -2.19. The Kier molecular flexibility index (Phi) is 3.35. The molecule has 3 rings (SSSR count). The predicted octanol–water partition coefficient (Wildman–Crippen LogP) is 0.379. The van der Waals surface area contributed by atoms with Crippen molar-refractivity contribution in [2.75, 3.05) is 5.73 Å². The fourth-order valence-corrected chi connectivity index (χ4v) is 3.69. The fraction of sp³-hybridized carbons (Fsp3) is 0.467. The van der Waals surface area contributed by atoms with Gasteiger partial charge in [-0.1, -0.05) is 12.1 Å². The zero-order valence-corrected chi connectivity index (χ0v) is 12.1. The van der Waals surface area contributed by atoms with Crippen molar-refractivity contribution in [1.82, 2.24) is 0 Å². The molecule has 0 unspecified atom stereocenters. The third kappa shape index (κ3) is 2.09. The summed E-state index contributed by atoms with van der Waals surface area (Å²) in [7, 11) is 0. The van der Waals surface area contributed by atoms with Crippen molar-refractivity contribution in [3.05, 3.63) is 29.8 Å². The number of rotatable bonds is 5. The van der Waals surface area contributed by atoms with Gasteiger partial charge in [0, 0.05) is 17.5 Å². The summed E-state index contributed by atoms with van der Waals surface area (Å²) in [4.78, 5) is 22.6. The molecule has 0 bridgehead atoms. The Morgan fingerprint density at radius 2 is 2.04 bits per heavy atom. The monoisotopic (exact) mass is 324 g/mol. The maximum Gasteiger partial charge on any atom is 0.342 e. The summed E-state index contributed by atoms with van der Waals surface area (Å²) in [6, 6.07) is 6.85. The lowest BCUT2D eigenvalue weighted by atomic mass is 9.88. The molecule has 1 aromatic carbocycles. The van der Waals surface area contributed by atoms with Crippen LogP contribution in [-0.2, 0) is 20.9 Å². The average Bonchev–Trinajstić information content (AvgIpc) is 2.95. The highest BCUT2D eigenvalue weighted by molar-refractivity contribution is 5.90. The van der Waals surface area contributed by atoms with Crippen molar-refractivity contribution in [2.45, 2.75) is 30.3 Å². The van der Waals surface area contributed by atoms with Crippen LogP contribution >= 0.6 is 0 Å². The highest BCUT2D eigenvalue weighted by Crippen LogP contribution is 2.67. The number of nitrogen functional groups attached to an aromatic ring is 1. The molecule has 2 aliphatic carbocycles. The number of alkyl halides is 1. The van der Waals surface area contributed by atoms with Crippen molar-refractivity contribution >= 4 is 17.6 Å². The molecule has 0 saturated heterocycles. The van der Waals surface area contributed by atoms with Gasteiger partial charge in [-0.05, 0) is 24.1 Å². The molecule has 0 aromatic heterocycles. The molecule has 7 nitrogen and oxygen atoms in total. The van der Waals surface area contributed by atoms with E-state index in [0.29, 0.717) is 5.69 Å². The average molecular weight is 324 g/mol. The van der Waals surface area contributed by atoms with Crippen LogP contribution in [0, 0.1) is 11.8 Å². The topological polar surface area (TPSA) is 136 Å². The predicted molar refractivity (Wildman–Crippen MR) is 77.1 cm³/mol. The van der Waals surface area contributed by atoms with Crippen LogP contribution in [0.15, 0.2) is 24.3 Å². The van der Waals surface area contributed by atoms with Crippen LogP contribution < -0.4 is 11.5 Å². The van der Waals surface area contributed by atoms with Gasteiger partial charge in [0.2, 0.25) is 5.67 Å². The van der Waals surface area contributed by atoms with E-state index in [0.717, 1.165) is 5.56 Å². The van der Waals surface area contributed by atoms with Crippen molar-refractivity contribution in [3.63, 3.8) is 0 Å². The zero-order chi connectivity index (χ0) is 17.0. The van der Waals surface area contributed by atoms with Crippen molar-refractivity contribution in [3.8, 4) is 0 Å². The Morgan fingerprint density at radius 3 is 2.61 bits per heavy atom. The van der Waals surface area contributed by atoms with Crippen LogP contribution in [0.25, 0.3) is 0 Å². The summed E-state index contributed by atoms with van der Waals surface area (Å²) in [5.41, 5.74) is 8.16. The first-order valence-electron chi connectivity index (χ1n) is 7.13. The Bertz CT molecular complexity index is 684. The van der Waals surface area contributed by atoms with E-state index in [1.165, 1.54) is 0 Å². The second-order valence-corrected chi connectivity index (χ2v) is 6.18. The van der Waals surface area contributed by atoms with E-state index < -0.39 is 41.1 Å². The van der Waals surface area contributed by atoms with Gasteiger partial charge in [0.15, 0.2) is 0 Å². The number of ether oxygens (including phenoxy) is 1. The summed E-state index contributed by atoms with van der Waals surface area (Å²) >= 11 is 0. The largest absolute Gasteiger partial charge is 0.480 e. The first-order valence-corrected chi connectivity index (χ1v) is 7.13. The Morgan fingerprint density at radius 1 is 1.35 bits per heavy atom. The third-order valence-corrected chi connectivity index (χ3v) is 4.90. The maximum absolute atomic E-state index is 14.4. The minimum absolute atomic E-state index is 0.0431. The van der Waals surface area contributed by atoms with E-state index in [-0.39, 0.29) is 13.0 Å². The fourth-order valence-electron chi connectivity index (χ4n) is 3.69. The van der Waals surface area contributed by atoms with Crippen LogP contribution in [-0.4, -0.2) is 39.5 Å². The van der Waals surface area contributed by atoms with Gasteiger partial charge in [0.25, 0.3) is 0 Å². The van der Waals surface area contributed by atoms with Crippen molar-refractivity contribution < 1.29 is 28.9 Å². The quantitative estimate of drug-likeness (QED) is 0.575. The number of carboxylic acids is 2. The van der Waals surface area contributed by atoms with Crippen LogP contribution in [0.1, 0.15) is 12.0 Å². The minimum Gasteiger partial charge on any atom is -0.480 e. The van der Waals surface area contributed by atoms with Gasteiger partial charge < -0.3 is 26.4 Å². The van der Waals surface area contributed by atoms with Crippen LogP contribution in [0.4, 0.5) is 10.1 Å². The van der Waals surface area contributed by atoms with E-state index in [4.69, 9.17) is 21.3 Å². The number of halogens is 1. The molecular formula is C15H17FN2O5. The van der Waals surface area contributed by atoms with Gasteiger partial charge in [-0.3, -0.25) is 4.79 Å². The number of carbonyl (C=O) groups is 2. The molecule has 2 fully saturated rings. The van der Waals surface area contributed by atoms with E-state index in [1.807, 2.05) is 0 Å². The normalized spacial score (nSPS) is 38.1. The number of carboxylic acid groups (broad SMARTS) is 2. The standard InChI is InChI=1S/C15H17FN2O5/c16-14(12(19)20)9-5-10(15(18,11(9)14)13(21)22)23-6-7-2-1-3-8(17)4-7/h1-4,9-11H,5-6,17-18H2,(H,19,20)(H,21,22)/t9-,10-,11+,14-,15+/m1/s1. The lowest BCUT2D eigenvalue weighted by Crippen LogP contribution is -2.60. The molecule has 0 heterocycles. The number of aliphatic carboxylic acids is 2. The summed E-state index contributed by atoms with van der Waals surface area (Å²) in [5, 5.41) is 18.4. The number of nitrogens with two attached hydrogens (primary N) is 2. The number of fused-ring (bicyclic) bond motifs is 1. The van der Waals surface area contributed by atoms with Crippen LogP contribution in [0.2, 0.25) is 0 Å². The molecular weight excluding hydrogens is 307 g/mol. The van der Waals surface area contributed by atoms with E-state index >= 15 is 0 Å². The molecule has 2 saturated carbocycles. The third-order valence-electron chi connectivity index (χ3n) is 4.90. The van der Waals surface area contributed by atoms with Crippen LogP contribution in [0.3, 0.4) is 0 Å². The molecule has 5 atom stereocenters. The number of hydrogen-bond donors (Lipinski definition) is 4. The summed E-state index contributed by atoms with van der Waals surface area (Å²) in [6.07, 6.45) is -1.00. The number of benzene rings is 1. The van der Waals surface area contributed by atoms with E-state index in [2.05, 4.69) is 0 Å². The molecule has 0 aliphatic heterocycles. The molecule has 1 aromatic rings. The van der Waals surface area contributed by atoms with Gasteiger partial charge >= 0.3 is 11.9 Å². The highest BCUT2D eigenvalue weighted by atomic mass is 19.1. The highest BCUT2D eigenvalue weighted by Gasteiger charge is 2.85. The molecule has 0 amide bonds. The second kappa shape index (κ2) is 4.90. The molecule has 2 aliphatic rings. The molecule has 23 heavy (non-hydrogen) atoms. The summed E-state index contributed by atoms with van der Waals surface area (Å²) in [6.45, 7) is 0.0632. The maximum atomic E-state index is 14.4. The van der Waals surface area contributed by atoms with Crippen molar-refractivity contribution in [2.24, 2.45) is 17.6 Å². The lowest BCUT2D eigenvalue weighted by molar-refractivity contribution is -0.156. The lowest BCUT2D eigenvalue weighted by Gasteiger charge is -2.31. The Balaban J connectivity index is 1.77. The molecule has 6 N–H and O–H groups in total. The smallest absolute Gasteiger partial charge is 0.342 e. The number of hydrogen-bond acceptors (Lipinski definition) is 5. The van der Waals surface area contributed by atoms with E-state index in [9.17, 15) is 19.1 Å². The van der Waals surface area contributed by atoms with Crippen LogP contribution in [0.5, 0.6) is 0 Å².